The van der Waals surface area contributed by atoms with Crippen LogP contribution in [-0.4, -0.2) is 34.5 Å². The second-order valence-electron chi connectivity index (χ2n) is 6.95. The molecule has 1 amide bonds. The third-order valence-corrected chi connectivity index (χ3v) is 6.25. The number of aliphatic imine (C=N–C) groups is 1. The molecule has 1 saturated heterocycles. The molecule has 1 aromatic carbocycles. The van der Waals surface area contributed by atoms with E-state index in [2.05, 4.69) is 15.3 Å². The van der Waals surface area contributed by atoms with Crippen LogP contribution in [-0.2, 0) is 10.3 Å². The fourth-order valence-electron chi connectivity index (χ4n) is 3.80. The van der Waals surface area contributed by atoms with Crippen molar-refractivity contribution in [1.29, 1.82) is 5.26 Å². The van der Waals surface area contributed by atoms with Gasteiger partial charge in [-0.3, -0.25) is 4.79 Å². The molecular weight excluding hydrogens is 393 g/mol. The molecule has 2 aromatic rings. The summed E-state index contributed by atoms with van der Waals surface area (Å²) in [5.74, 6) is -0.218. The van der Waals surface area contributed by atoms with Gasteiger partial charge in [0.05, 0.1) is 18.3 Å². The number of carbonyl (C=O) groups excluding carboxylic acids is 1. The van der Waals surface area contributed by atoms with E-state index in [-0.39, 0.29) is 17.7 Å². The first-order valence-electron chi connectivity index (χ1n) is 9.01. The number of nitrogens with zero attached hydrogens (tertiary/aromatic N) is 3. The van der Waals surface area contributed by atoms with Crippen LogP contribution in [0.1, 0.15) is 28.5 Å². The van der Waals surface area contributed by atoms with Crippen LogP contribution in [0, 0.1) is 23.1 Å². The fraction of sp³-hybridized carbons (Fsp3) is 0.300. The van der Waals surface area contributed by atoms with Gasteiger partial charge in [-0.1, -0.05) is 11.8 Å². The van der Waals surface area contributed by atoms with Crippen molar-refractivity contribution in [3.05, 3.63) is 59.2 Å². The Labute approximate surface area is 171 Å². The highest BCUT2D eigenvalue weighted by molar-refractivity contribution is 8.13. The molecule has 0 saturated carbocycles. The van der Waals surface area contributed by atoms with Crippen molar-refractivity contribution >= 4 is 28.5 Å². The molecular formula is C20H18FN5O2S. The number of amides is 1. The van der Waals surface area contributed by atoms with Crippen molar-refractivity contribution in [2.45, 2.75) is 18.6 Å². The van der Waals surface area contributed by atoms with Crippen molar-refractivity contribution in [3.63, 3.8) is 0 Å². The summed E-state index contributed by atoms with van der Waals surface area (Å²) in [4.78, 5) is 21.1. The van der Waals surface area contributed by atoms with Crippen LogP contribution in [0.25, 0.3) is 0 Å². The van der Waals surface area contributed by atoms with Crippen LogP contribution < -0.4 is 11.1 Å². The fourth-order valence-corrected chi connectivity index (χ4v) is 4.74. The number of nitriles is 1. The van der Waals surface area contributed by atoms with Crippen molar-refractivity contribution < 1.29 is 13.9 Å². The number of hydrogen-bond donors (Lipinski definition) is 2. The van der Waals surface area contributed by atoms with E-state index >= 15 is 0 Å². The molecule has 148 valence electrons. The Bertz CT molecular complexity index is 1040. The number of aromatic nitrogens is 1. The molecule has 0 spiro atoms. The van der Waals surface area contributed by atoms with Gasteiger partial charge in [-0.25, -0.2) is 14.4 Å². The van der Waals surface area contributed by atoms with Crippen LogP contribution in [0.3, 0.4) is 0 Å². The van der Waals surface area contributed by atoms with E-state index in [4.69, 9.17) is 15.7 Å². The molecule has 7 nitrogen and oxygen atoms in total. The Kier molecular flexibility index (Phi) is 4.98. The second-order valence-corrected chi connectivity index (χ2v) is 7.99. The molecule has 29 heavy (non-hydrogen) atoms. The minimum atomic E-state index is -0.924. The van der Waals surface area contributed by atoms with Crippen LogP contribution in [0.5, 0.6) is 0 Å². The zero-order valence-corrected chi connectivity index (χ0v) is 16.4. The Morgan fingerprint density at radius 3 is 3.00 bits per heavy atom. The number of halogens is 1. The lowest BCUT2D eigenvalue weighted by Crippen LogP contribution is -2.44. The highest BCUT2D eigenvalue weighted by Crippen LogP contribution is 2.49. The summed E-state index contributed by atoms with van der Waals surface area (Å²) in [6, 6.07) is 9.30. The van der Waals surface area contributed by atoms with Crippen molar-refractivity contribution in [3.8, 4) is 6.07 Å². The van der Waals surface area contributed by atoms with Gasteiger partial charge in [-0.2, -0.15) is 5.26 Å². The van der Waals surface area contributed by atoms with Crippen LogP contribution in [0.4, 0.5) is 10.1 Å². The van der Waals surface area contributed by atoms with Gasteiger partial charge in [-0.15, -0.1) is 0 Å². The SMILES string of the molecule is C[C@@H]1OC[C@H]2CSC(N)=N[C@]21c1cc(NC(=O)c2ccc(C#N)cn2)ccc1F. The average molecular weight is 411 g/mol. The lowest BCUT2D eigenvalue weighted by atomic mass is 9.77. The van der Waals surface area contributed by atoms with Crippen molar-refractivity contribution in [2.75, 3.05) is 17.7 Å². The van der Waals surface area contributed by atoms with E-state index in [0.29, 0.717) is 34.3 Å². The molecule has 4 rings (SSSR count). The smallest absolute Gasteiger partial charge is 0.274 e. The van der Waals surface area contributed by atoms with Crippen molar-refractivity contribution in [2.24, 2.45) is 16.6 Å². The Hall–Kier alpha value is -2.96. The summed E-state index contributed by atoms with van der Waals surface area (Å²) in [7, 11) is 0. The second kappa shape index (κ2) is 7.46. The van der Waals surface area contributed by atoms with Gasteiger partial charge in [0.2, 0.25) is 0 Å². The third kappa shape index (κ3) is 3.34. The van der Waals surface area contributed by atoms with Crippen molar-refractivity contribution in [1.82, 2.24) is 4.98 Å². The maximum absolute atomic E-state index is 14.9. The molecule has 0 unspecified atom stereocenters. The maximum atomic E-state index is 14.9. The maximum Gasteiger partial charge on any atom is 0.274 e. The van der Waals surface area contributed by atoms with E-state index in [0.717, 1.165) is 0 Å². The lowest BCUT2D eigenvalue weighted by molar-refractivity contribution is 0.0948. The normalized spacial score (nSPS) is 25.6. The number of hydrogen-bond acceptors (Lipinski definition) is 7. The van der Waals surface area contributed by atoms with E-state index in [9.17, 15) is 9.18 Å². The molecule has 3 atom stereocenters. The first-order valence-corrected chi connectivity index (χ1v) is 10.00. The monoisotopic (exact) mass is 411 g/mol. The van der Waals surface area contributed by atoms with E-state index in [1.807, 2.05) is 13.0 Å². The van der Waals surface area contributed by atoms with Gasteiger partial charge in [0.15, 0.2) is 5.17 Å². The highest BCUT2D eigenvalue weighted by atomic mass is 32.2. The number of carbonyl (C=O) groups is 1. The summed E-state index contributed by atoms with van der Waals surface area (Å²) in [5.41, 5.74) is 6.33. The van der Waals surface area contributed by atoms with Crippen LogP contribution >= 0.6 is 11.8 Å². The number of nitrogens with two attached hydrogens (primary N) is 1. The molecule has 1 aromatic heterocycles. The number of nitrogens with one attached hydrogen (secondary N) is 1. The standard InChI is InChI=1S/C20H18FN5O2S/c1-11-20(13(9-28-11)10-29-19(23)26-20)15-6-14(3-4-16(15)21)25-18(27)17-5-2-12(7-22)8-24-17/h2-6,8,11,13H,9-10H2,1H3,(H2,23,26)(H,25,27)/t11-,13-,20-/m0/s1. The van der Waals surface area contributed by atoms with E-state index in [1.54, 1.807) is 6.07 Å². The largest absolute Gasteiger partial charge is 0.379 e. The topological polar surface area (TPSA) is 113 Å². The van der Waals surface area contributed by atoms with Gasteiger partial charge >= 0.3 is 0 Å². The van der Waals surface area contributed by atoms with Gasteiger partial charge in [-0.05, 0) is 37.3 Å². The van der Waals surface area contributed by atoms with Crippen LogP contribution in [0.15, 0.2) is 41.5 Å². The molecule has 3 heterocycles. The number of benzene rings is 1. The molecule has 1 fully saturated rings. The molecule has 9 heteroatoms. The predicted octanol–water partition coefficient (Wildman–Crippen LogP) is 2.64. The molecule has 0 bridgehead atoms. The average Bonchev–Trinajstić information content (AvgIpc) is 3.06. The highest BCUT2D eigenvalue weighted by Gasteiger charge is 2.54. The number of fused-ring (bicyclic) bond motifs is 1. The quantitative estimate of drug-likeness (QED) is 0.803. The van der Waals surface area contributed by atoms with Gasteiger partial charge in [0.25, 0.3) is 5.91 Å². The van der Waals surface area contributed by atoms with E-state index < -0.39 is 17.3 Å². The molecule has 2 aliphatic heterocycles. The summed E-state index contributed by atoms with van der Waals surface area (Å²) in [5, 5.41) is 12.0. The van der Waals surface area contributed by atoms with Gasteiger partial charge in [0, 0.05) is 29.1 Å². The molecule has 2 aliphatic rings. The van der Waals surface area contributed by atoms with E-state index in [1.165, 1.54) is 42.2 Å². The Balaban J connectivity index is 1.68. The number of pyridine rings is 1. The first-order chi connectivity index (χ1) is 13.9. The third-order valence-electron chi connectivity index (χ3n) is 5.30. The number of anilines is 1. The van der Waals surface area contributed by atoms with Gasteiger partial charge < -0.3 is 15.8 Å². The minimum absolute atomic E-state index is 0.0181. The number of thioether (sulfide) groups is 1. The number of amidine groups is 1. The molecule has 3 N–H and O–H groups in total. The Morgan fingerprint density at radius 1 is 1.45 bits per heavy atom. The zero-order valence-electron chi connectivity index (χ0n) is 15.6. The Morgan fingerprint density at radius 2 is 2.28 bits per heavy atom. The minimum Gasteiger partial charge on any atom is -0.379 e. The number of rotatable bonds is 3. The zero-order chi connectivity index (χ0) is 20.6. The van der Waals surface area contributed by atoms with Crippen LogP contribution in [0.2, 0.25) is 0 Å². The summed E-state index contributed by atoms with van der Waals surface area (Å²) in [6.45, 7) is 2.33. The molecule has 0 radical (unpaired) electrons. The van der Waals surface area contributed by atoms with Gasteiger partial charge in [0.1, 0.15) is 23.1 Å². The summed E-state index contributed by atoms with van der Waals surface area (Å²) < 4.78 is 20.7. The summed E-state index contributed by atoms with van der Waals surface area (Å²) in [6.07, 6.45) is 0.969. The summed E-state index contributed by atoms with van der Waals surface area (Å²) >= 11 is 1.44. The first kappa shape index (κ1) is 19.4. The predicted molar refractivity (Wildman–Crippen MR) is 108 cm³/mol. The number of ether oxygens (including phenoxy) is 1. The lowest BCUT2D eigenvalue weighted by Gasteiger charge is -2.37. The molecule has 0 aliphatic carbocycles.